The summed E-state index contributed by atoms with van der Waals surface area (Å²) >= 11 is 0. The third-order valence-corrected chi connectivity index (χ3v) is 2.11. The Kier molecular flexibility index (Phi) is 6.20. The van der Waals surface area contributed by atoms with Gasteiger partial charge in [-0.1, -0.05) is 6.58 Å². The molecule has 1 aliphatic heterocycles. The molecule has 8 heteroatoms. The summed E-state index contributed by atoms with van der Waals surface area (Å²) in [5.41, 5.74) is 0. The van der Waals surface area contributed by atoms with Gasteiger partial charge in [-0.05, 0) is 0 Å². The van der Waals surface area contributed by atoms with Gasteiger partial charge < -0.3 is 24.3 Å². The molecule has 0 saturated carbocycles. The highest BCUT2D eigenvalue weighted by Gasteiger charge is 2.22. The Morgan fingerprint density at radius 3 is 2.68 bits per heavy atom. The topological polar surface area (TPSA) is 100 Å². The van der Waals surface area contributed by atoms with E-state index in [9.17, 15) is 14.4 Å². The van der Waals surface area contributed by atoms with Crippen LogP contribution in [0.15, 0.2) is 12.7 Å². The molecule has 1 amide bonds. The van der Waals surface area contributed by atoms with Gasteiger partial charge in [0.05, 0.1) is 12.5 Å². The van der Waals surface area contributed by atoms with Crippen molar-refractivity contribution in [3.05, 3.63) is 12.7 Å². The standard InChI is InChI=1S/C11H15NO7/c1-2-9(13)16-4-3-12-10(14)17-5-8-6-18-11(15)19-7-8/h2,8H,1,3-7H2,(H,12,14). The van der Waals surface area contributed by atoms with Gasteiger partial charge in [-0.2, -0.15) is 0 Å². The molecule has 0 aromatic carbocycles. The number of rotatable bonds is 6. The van der Waals surface area contributed by atoms with E-state index in [1.54, 1.807) is 0 Å². The van der Waals surface area contributed by atoms with Gasteiger partial charge in [0.25, 0.3) is 0 Å². The summed E-state index contributed by atoms with van der Waals surface area (Å²) in [6.07, 6.45) is -0.334. The molecule has 0 aromatic rings. The molecule has 0 aliphatic carbocycles. The van der Waals surface area contributed by atoms with Crippen molar-refractivity contribution in [2.75, 3.05) is 33.0 Å². The van der Waals surface area contributed by atoms with Crippen LogP contribution in [0.3, 0.4) is 0 Å². The van der Waals surface area contributed by atoms with Crippen molar-refractivity contribution in [3.8, 4) is 0 Å². The van der Waals surface area contributed by atoms with Crippen molar-refractivity contribution in [1.82, 2.24) is 5.32 Å². The number of carbonyl (C=O) groups is 3. The Morgan fingerprint density at radius 2 is 2.05 bits per heavy atom. The summed E-state index contributed by atoms with van der Waals surface area (Å²) in [5.74, 6) is -0.738. The molecular formula is C11H15NO7. The van der Waals surface area contributed by atoms with E-state index in [0.717, 1.165) is 6.08 Å². The van der Waals surface area contributed by atoms with E-state index >= 15 is 0 Å². The molecule has 1 fully saturated rings. The highest BCUT2D eigenvalue weighted by Crippen LogP contribution is 2.07. The van der Waals surface area contributed by atoms with E-state index in [1.807, 2.05) is 0 Å². The van der Waals surface area contributed by atoms with Gasteiger partial charge in [0, 0.05) is 6.08 Å². The molecule has 1 N–H and O–H groups in total. The molecule has 0 unspecified atom stereocenters. The largest absolute Gasteiger partial charge is 0.508 e. The van der Waals surface area contributed by atoms with Gasteiger partial charge in [0.15, 0.2) is 0 Å². The number of nitrogens with one attached hydrogen (secondary N) is 1. The Morgan fingerprint density at radius 1 is 1.37 bits per heavy atom. The van der Waals surface area contributed by atoms with Gasteiger partial charge in [0.1, 0.15) is 26.4 Å². The fourth-order valence-corrected chi connectivity index (χ4v) is 1.17. The minimum atomic E-state index is -0.718. The van der Waals surface area contributed by atoms with Crippen LogP contribution in [0, 0.1) is 5.92 Å². The molecule has 0 atom stereocenters. The molecule has 1 heterocycles. The van der Waals surface area contributed by atoms with Crippen LogP contribution < -0.4 is 5.32 Å². The molecule has 1 aliphatic rings. The summed E-state index contributed by atoms with van der Waals surface area (Å²) in [6, 6.07) is 0. The monoisotopic (exact) mass is 273 g/mol. The molecule has 106 valence electrons. The fraction of sp³-hybridized carbons (Fsp3) is 0.545. The lowest BCUT2D eigenvalue weighted by molar-refractivity contribution is -0.137. The van der Waals surface area contributed by atoms with Gasteiger partial charge in [-0.15, -0.1) is 0 Å². The summed E-state index contributed by atoms with van der Waals surface area (Å²) in [6.45, 7) is 3.78. The number of ether oxygens (including phenoxy) is 4. The first kappa shape index (κ1) is 14.8. The number of esters is 1. The molecule has 1 rings (SSSR count). The van der Waals surface area contributed by atoms with Crippen LogP contribution in [0.5, 0.6) is 0 Å². The number of hydrogen-bond donors (Lipinski definition) is 1. The van der Waals surface area contributed by atoms with Crippen molar-refractivity contribution in [2.45, 2.75) is 0 Å². The number of carbonyl (C=O) groups excluding carboxylic acids is 3. The first-order chi connectivity index (χ1) is 9.11. The van der Waals surface area contributed by atoms with Crippen molar-refractivity contribution < 1.29 is 33.3 Å². The average Bonchev–Trinajstić information content (AvgIpc) is 2.42. The van der Waals surface area contributed by atoms with Crippen molar-refractivity contribution >= 4 is 18.2 Å². The van der Waals surface area contributed by atoms with Gasteiger partial charge in [0.2, 0.25) is 0 Å². The summed E-state index contributed by atoms with van der Waals surface area (Å²) in [5, 5.41) is 2.39. The molecule has 1 saturated heterocycles. The maximum atomic E-state index is 11.2. The zero-order chi connectivity index (χ0) is 14.1. The van der Waals surface area contributed by atoms with Crippen LogP contribution in [-0.4, -0.2) is 51.2 Å². The smallest absolute Gasteiger partial charge is 0.461 e. The second kappa shape index (κ2) is 7.96. The second-order valence-corrected chi connectivity index (χ2v) is 3.63. The van der Waals surface area contributed by atoms with Crippen LogP contribution >= 0.6 is 0 Å². The number of hydrogen-bond acceptors (Lipinski definition) is 7. The summed E-state index contributed by atoms with van der Waals surface area (Å²) in [4.78, 5) is 32.5. The van der Waals surface area contributed by atoms with Gasteiger partial charge in [-0.3, -0.25) is 0 Å². The molecule has 19 heavy (non-hydrogen) atoms. The molecule has 8 nitrogen and oxygen atoms in total. The van der Waals surface area contributed by atoms with Gasteiger partial charge in [-0.25, -0.2) is 14.4 Å². The number of alkyl carbamates (subject to hydrolysis) is 1. The number of amides is 1. The third kappa shape index (κ3) is 6.29. The summed E-state index contributed by atoms with van der Waals surface area (Å²) in [7, 11) is 0. The van der Waals surface area contributed by atoms with Crippen LogP contribution in [0.1, 0.15) is 0 Å². The number of cyclic esters (lactones) is 2. The molecule has 0 radical (unpaired) electrons. The predicted molar refractivity (Wildman–Crippen MR) is 61.3 cm³/mol. The van der Waals surface area contributed by atoms with E-state index in [1.165, 1.54) is 0 Å². The Bertz CT molecular complexity index is 345. The predicted octanol–water partition coefficient (Wildman–Crippen LogP) is 0.225. The molecule has 0 aromatic heterocycles. The molecular weight excluding hydrogens is 258 g/mol. The maximum Gasteiger partial charge on any atom is 0.508 e. The van der Waals surface area contributed by atoms with E-state index in [2.05, 4.69) is 26.1 Å². The average molecular weight is 273 g/mol. The molecule has 0 bridgehead atoms. The Balaban J connectivity index is 2.03. The van der Waals surface area contributed by atoms with Crippen molar-refractivity contribution in [2.24, 2.45) is 5.92 Å². The van der Waals surface area contributed by atoms with Crippen LogP contribution in [-0.2, 0) is 23.7 Å². The van der Waals surface area contributed by atoms with Crippen LogP contribution in [0.4, 0.5) is 9.59 Å². The van der Waals surface area contributed by atoms with E-state index in [0.29, 0.717) is 0 Å². The van der Waals surface area contributed by atoms with Gasteiger partial charge >= 0.3 is 18.2 Å². The maximum absolute atomic E-state index is 11.2. The highest BCUT2D eigenvalue weighted by atomic mass is 16.7. The minimum absolute atomic E-state index is 0.0319. The first-order valence-corrected chi connectivity index (χ1v) is 5.61. The molecule has 0 spiro atoms. The lowest BCUT2D eigenvalue weighted by atomic mass is 10.2. The lowest BCUT2D eigenvalue weighted by Crippen LogP contribution is -2.34. The van der Waals surface area contributed by atoms with E-state index in [-0.39, 0.29) is 38.9 Å². The minimum Gasteiger partial charge on any atom is -0.461 e. The lowest BCUT2D eigenvalue weighted by Gasteiger charge is -2.21. The SMILES string of the molecule is C=CC(=O)OCCNC(=O)OCC1COC(=O)OC1. The van der Waals surface area contributed by atoms with Crippen LogP contribution in [0.2, 0.25) is 0 Å². The Hall–Kier alpha value is -2.25. The summed E-state index contributed by atoms with van der Waals surface area (Å²) < 4.78 is 18.8. The Labute approximate surface area is 109 Å². The van der Waals surface area contributed by atoms with Crippen LogP contribution in [0.25, 0.3) is 0 Å². The van der Waals surface area contributed by atoms with Crippen molar-refractivity contribution in [1.29, 1.82) is 0 Å². The first-order valence-electron chi connectivity index (χ1n) is 5.61. The van der Waals surface area contributed by atoms with Crippen molar-refractivity contribution in [3.63, 3.8) is 0 Å². The highest BCUT2D eigenvalue weighted by molar-refractivity contribution is 5.81. The third-order valence-electron chi connectivity index (χ3n) is 2.11. The quantitative estimate of drug-likeness (QED) is 0.320. The van der Waals surface area contributed by atoms with E-state index < -0.39 is 18.2 Å². The normalized spacial score (nSPS) is 14.8. The zero-order valence-electron chi connectivity index (χ0n) is 10.3. The zero-order valence-corrected chi connectivity index (χ0v) is 10.3. The second-order valence-electron chi connectivity index (χ2n) is 3.63. The fourth-order valence-electron chi connectivity index (χ4n) is 1.17. The van der Waals surface area contributed by atoms with E-state index in [4.69, 9.17) is 4.74 Å².